The molecule has 0 unspecified atom stereocenters. The zero-order valence-electron chi connectivity index (χ0n) is 12.3. The van der Waals surface area contributed by atoms with E-state index in [1.807, 2.05) is 0 Å². The van der Waals surface area contributed by atoms with Gasteiger partial charge in [-0.25, -0.2) is 8.42 Å². The van der Waals surface area contributed by atoms with Crippen molar-refractivity contribution in [2.24, 2.45) is 11.1 Å². The van der Waals surface area contributed by atoms with Gasteiger partial charge in [0.25, 0.3) is 10.0 Å². The van der Waals surface area contributed by atoms with Crippen LogP contribution in [0.5, 0.6) is 0 Å². The van der Waals surface area contributed by atoms with Crippen molar-refractivity contribution in [3.8, 4) is 0 Å². The van der Waals surface area contributed by atoms with Crippen LogP contribution in [-0.4, -0.2) is 25.8 Å². The highest BCUT2D eigenvalue weighted by Crippen LogP contribution is 2.39. The molecule has 1 aromatic rings. The highest BCUT2D eigenvalue weighted by atomic mass is 32.2. The number of nitrogens with zero attached hydrogens (tertiary/aromatic N) is 1. The molecule has 0 aliphatic carbocycles. The number of furan rings is 1. The third-order valence-corrected chi connectivity index (χ3v) is 6.49. The van der Waals surface area contributed by atoms with Gasteiger partial charge >= 0.3 is 0 Å². The normalized spacial score (nSPS) is 20.1. The van der Waals surface area contributed by atoms with Crippen molar-refractivity contribution in [2.75, 3.05) is 13.1 Å². The van der Waals surface area contributed by atoms with E-state index in [9.17, 15) is 8.42 Å². The van der Waals surface area contributed by atoms with Gasteiger partial charge in [0.2, 0.25) is 5.09 Å². The summed E-state index contributed by atoms with van der Waals surface area (Å²) < 4.78 is 31.8. The molecule has 0 bridgehead atoms. The molecule has 0 spiro atoms. The molecular formula is C14H24N2O3S. The van der Waals surface area contributed by atoms with Crippen LogP contribution in [0.15, 0.2) is 21.6 Å². The molecule has 0 saturated carbocycles. The fourth-order valence-electron chi connectivity index (χ4n) is 2.89. The van der Waals surface area contributed by atoms with E-state index >= 15 is 0 Å². The van der Waals surface area contributed by atoms with Gasteiger partial charge in [-0.15, -0.1) is 0 Å². The minimum absolute atomic E-state index is 0.0125. The third kappa shape index (κ3) is 2.77. The van der Waals surface area contributed by atoms with E-state index in [4.69, 9.17) is 10.2 Å². The molecule has 1 aliphatic rings. The molecule has 1 aliphatic heterocycles. The summed E-state index contributed by atoms with van der Waals surface area (Å²) in [5, 5.41) is 0.0125. The standard InChI is InChI=1S/C14H24N2O3S/c1-3-14(4-2)7-9-16(10-8-14)20(17,18)13-6-5-12(11-15)19-13/h5-6H,3-4,7-11,15H2,1-2H3. The van der Waals surface area contributed by atoms with E-state index in [-0.39, 0.29) is 11.6 Å². The second-order valence-electron chi connectivity index (χ2n) is 5.54. The maximum absolute atomic E-state index is 12.5. The first-order valence-electron chi connectivity index (χ1n) is 7.26. The molecule has 6 heteroatoms. The fraction of sp³-hybridized carbons (Fsp3) is 0.714. The van der Waals surface area contributed by atoms with E-state index in [0.717, 1.165) is 25.7 Å². The van der Waals surface area contributed by atoms with Gasteiger partial charge in [-0.1, -0.05) is 26.7 Å². The van der Waals surface area contributed by atoms with Crippen molar-refractivity contribution in [1.29, 1.82) is 0 Å². The van der Waals surface area contributed by atoms with Crippen molar-refractivity contribution in [3.63, 3.8) is 0 Å². The van der Waals surface area contributed by atoms with Crippen LogP contribution < -0.4 is 5.73 Å². The number of sulfonamides is 1. The Balaban J connectivity index is 2.13. The van der Waals surface area contributed by atoms with Crippen LogP contribution in [0.25, 0.3) is 0 Å². The Morgan fingerprint density at radius 3 is 2.30 bits per heavy atom. The SMILES string of the molecule is CCC1(CC)CCN(S(=O)(=O)c2ccc(CN)o2)CC1. The third-order valence-electron chi connectivity index (χ3n) is 4.72. The van der Waals surface area contributed by atoms with E-state index < -0.39 is 10.0 Å². The molecule has 2 heterocycles. The topological polar surface area (TPSA) is 76.5 Å². The summed E-state index contributed by atoms with van der Waals surface area (Å²) in [4.78, 5) is 0. The van der Waals surface area contributed by atoms with Crippen LogP contribution in [0, 0.1) is 5.41 Å². The van der Waals surface area contributed by atoms with Gasteiger partial charge < -0.3 is 10.2 Å². The summed E-state index contributed by atoms with van der Waals surface area (Å²) >= 11 is 0. The molecule has 0 radical (unpaired) electrons. The first-order chi connectivity index (χ1) is 9.47. The largest absolute Gasteiger partial charge is 0.447 e. The molecule has 1 saturated heterocycles. The number of hydrogen-bond acceptors (Lipinski definition) is 4. The Morgan fingerprint density at radius 2 is 1.85 bits per heavy atom. The zero-order chi connectivity index (χ0) is 14.8. The van der Waals surface area contributed by atoms with Gasteiger partial charge in [0, 0.05) is 13.1 Å². The average molecular weight is 300 g/mol. The highest BCUT2D eigenvalue weighted by molar-refractivity contribution is 7.89. The Bertz CT molecular complexity index is 537. The summed E-state index contributed by atoms with van der Waals surface area (Å²) in [6.45, 7) is 5.73. The Hall–Kier alpha value is -0.850. The van der Waals surface area contributed by atoms with Crippen LogP contribution in [0.3, 0.4) is 0 Å². The van der Waals surface area contributed by atoms with Crippen LogP contribution in [0.2, 0.25) is 0 Å². The highest BCUT2D eigenvalue weighted by Gasteiger charge is 2.37. The predicted octanol–water partition coefficient (Wildman–Crippen LogP) is 2.33. The Morgan fingerprint density at radius 1 is 1.25 bits per heavy atom. The summed E-state index contributed by atoms with van der Waals surface area (Å²) in [6.07, 6.45) is 4.05. The lowest BCUT2D eigenvalue weighted by Crippen LogP contribution is -2.42. The zero-order valence-corrected chi connectivity index (χ0v) is 13.1. The quantitative estimate of drug-likeness (QED) is 0.905. The van der Waals surface area contributed by atoms with Gasteiger partial charge in [-0.2, -0.15) is 4.31 Å². The summed E-state index contributed by atoms with van der Waals surface area (Å²) in [5.41, 5.74) is 5.76. The number of piperidine rings is 1. The van der Waals surface area contributed by atoms with E-state index in [0.29, 0.717) is 24.3 Å². The van der Waals surface area contributed by atoms with E-state index in [1.165, 1.54) is 10.4 Å². The predicted molar refractivity (Wildman–Crippen MR) is 77.6 cm³/mol. The summed E-state index contributed by atoms with van der Waals surface area (Å²) in [5.74, 6) is 0.497. The van der Waals surface area contributed by atoms with Crippen molar-refractivity contribution in [3.05, 3.63) is 17.9 Å². The molecular weight excluding hydrogens is 276 g/mol. The fourth-order valence-corrected chi connectivity index (χ4v) is 4.26. The van der Waals surface area contributed by atoms with Crippen molar-refractivity contribution < 1.29 is 12.8 Å². The maximum Gasteiger partial charge on any atom is 0.276 e. The second kappa shape index (κ2) is 5.87. The van der Waals surface area contributed by atoms with Gasteiger partial charge in [0.1, 0.15) is 5.76 Å². The maximum atomic E-state index is 12.5. The summed E-state index contributed by atoms with van der Waals surface area (Å²) in [6, 6.07) is 3.12. The Kier molecular flexibility index (Phi) is 4.56. The van der Waals surface area contributed by atoms with Crippen molar-refractivity contribution in [1.82, 2.24) is 4.31 Å². The first-order valence-corrected chi connectivity index (χ1v) is 8.70. The second-order valence-corrected chi connectivity index (χ2v) is 7.40. The van der Waals surface area contributed by atoms with Crippen molar-refractivity contribution >= 4 is 10.0 Å². The van der Waals surface area contributed by atoms with Gasteiger partial charge in [-0.05, 0) is 30.4 Å². The van der Waals surface area contributed by atoms with Gasteiger partial charge in [-0.3, -0.25) is 0 Å². The monoisotopic (exact) mass is 300 g/mol. The van der Waals surface area contributed by atoms with E-state index in [1.54, 1.807) is 6.07 Å². The number of hydrogen-bond donors (Lipinski definition) is 1. The smallest absolute Gasteiger partial charge is 0.276 e. The van der Waals surface area contributed by atoms with Crippen LogP contribution >= 0.6 is 0 Å². The van der Waals surface area contributed by atoms with E-state index in [2.05, 4.69) is 13.8 Å². The molecule has 2 rings (SSSR count). The lowest BCUT2D eigenvalue weighted by atomic mass is 9.75. The van der Waals surface area contributed by atoms with Crippen LogP contribution in [-0.2, 0) is 16.6 Å². The molecule has 20 heavy (non-hydrogen) atoms. The number of rotatable bonds is 5. The average Bonchev–Trinajstić information content (AvgIpc) is 2.97. The Labute approximate surface area is 121 Å². The lowest BCUT2D eigenvalue weighted by molar-refractivity contribution is 0.140. The molecule has 0 amide bonds. The van der Waals surface area contributed by atoms with Crippen LogP contribution in [0.4, 0.5) is 0 Å². The van der Waals surface area contributed by atoms with Crippen LogP contribution in [0.1, 0.15) is 45.3 Å². The number of nitrogens with two attached hydrogens (primary N) is 1. The molecule has 2 N–H and O–H groups in total. The van der Waals surface area contributed by atoms with Gasteiger partial charge in [0.15, 0.2) is 0 Å². The molecule has 1 aromatic heterocycles. The molecule has 1 fully saturated rings. The molecule has 5 nitrogen and oxygen atoms in total. The lowest BCUT2D eigenvalue weighted by Gasteiger charge is -2.40. The minimum Gasteiger partial charge on any atom is -0.447 e. The first kappa shape index (κ1) is 15.5. The van der Waals surface area contributed by atoms with Gasteiger partial charge in [0.05, 0.1) is 6.54 Å². The van der Waals surface area contributed by atoms with Crippen molar-refractivity contribution in [2.45, 2.75) is 51.2 Å². The summed E-state index contributed by atoms with van der Waals surface area (Å²) in [7, 11) is -3.51. The molecule has 0 aromatic carbocycles. The molecule has 0 atom stereocenters. The minimum atomic E-state index is -3.51. The molecule has 114 valence electrons.